The van der Waals surface area contributed by atoms with E-state index in [2.05, 4.69) is 9.55 Å². The van der Waals surface area contributed by atoms with Crippen molar-refractivity contribution in [2.24, 2.45) is 7.05 Å². The summed E-state index contributed by atoms with van der Waals surface area (Å²) in [5.41, 5.74) is 2.72. The van der Waals surface area contributed by atoms with Gasteiger partial charge in [0.25, 0.3) is 0 Å². The van der Waals surface area contributed by atoms with E-state index in [4.69, 9.17) is 4.74 Å². The van der Waals surface area contributed by atoms with E-state index in [1.807, 2.05) is 36.0 Å². The van der Waals surface area contributed by atoms with Crippen molar-refractivity contribution in [3.8, 4) is 0 Å². The highest BCUT2D eigenvalue weighted by Gasteiger charge is 2.08. The molecule has 0 saturated carbocycles. The van der Waals surface area contributed by atoms with Gasteiger partial charge in [-0.05, 0) is 32.1 Å². The smallest absolute Gasteiger partial charge is 0.333 e. The molecule has 0 amide bonds. The number of hydrogen-bond donors (Lipinski definition) is 0. The SMILES string of the molecule is CCOC(=O)/C(C)=C\c1ccc(Cn2ccnc2)n1C. The van der Waals surface area contributed by atoms with Crippen LogP contribution in [-0.2, 0) is 23.1 Å². The van der Waals surface area contributed by atoms with Crippen LogP contribution in [0, 0.1) is 0 Å². The minimum atomic E-state index is -0.273. The maximum Gasteiger partial charge on any atom is 0.333 e. The van der Waals surface area contributed by atoms with Crippen LogP contribution < -0.4 is 0 Å². The highest BCUT2D eigenvalue weighted by atomic mass is 16.5. The van der Waals surface area contributed by atoms with Gasteiger partial charge in [-0.1, -0.05) is 0 Å². The van der Waals surface area contributed by atoms with Crippen LogP contribution in [0.4, 0.5) is 0 Å². The van der Waals surface area contributed by atoms with Gasteiger partial charge in [0.15, 0.2) is 0 Å². The molecule has 0 unspecified atom stereocenters. The quantitative estimate of drug-likeness (QED) is 0.620. The zero-order chi connectivity index (χ0) is 14.5. The van der Waals surface area contributed by atoms with Crippen molar-refractivity contribution in [2.45, 2.75) is 20.4 Å². The molecule has 2 rings (SSSR count). The summed E-state index contributed by atoms with van der Waals surface area (Å²) in [6.45, 7) is 4.71. The lowest BCUT2D eigenvalue weighted by atomic mass is 10.2. The van der Waals surface area contributed by atoms with Gasteiger partial charge in [-0.3, -0.25) is 0 Å². The first-order valence-electron chi connectivity index (χ1n) is 6.57. The molecule has 0 fully saturated rings. The van der Waals surface area contributed by atoms with Crippen LogP contribution in [0.5, 0.6) is 0 Å². The van der Waals surface area contributed by atoms with E-state index in [-0.39, 0.29) is 5.97 Å². The van der Waals surface area contributed by atoms with Crippen LogP contribution in [0.15, 0.2) is 36.4 Å². The van der Waals surface area contributed by atoms with Crippen molar-refractivity contribution in [2.75, 3.05) is 6.61 Å². The normalized spacial score (nSPS) is 11.7. The number of nitrogens with zero attached hydrogens (tertiary/aromatic N) is 3. The van der Waals surface area contributed by atoms with E-state index in [0.717, 1.165) is 17.9 Å². The Morgan fingerprint density at radius 1 is 1.45 bits per heavy atom. The largest absolute Gasteiger partial charge is 0.463 e. The first-order chi connectivity index (χ1) is 9.61. The Balaban J connectivity index is 2.16. The lowest BCUT2D eigenvalue weighted by Gasteiger charge is -2.07. The molecule has 20 heavy (non-hydrogen) atoms. The Labute approximate surface area is 118 Å². The van der Waals surface area contributed by atoms with Crippen LogP contribution in [-0.4, -0.2) is 26.7 Å². The third-order valence-corrected chi connectivity index (χ3v) is 3.13. The molecule has 5 nitrogen and oxygen atoms in total. The molecule has 0 spiro atoms. The summed E-state index contributed by atoms with van der Waals surface area (Å²) in [7, 11) is 1.98. The molecular formula is C15H19N3O2. The van der Waals surface area contributed by atoms with Gasteiger partial charge in [0.05, 0.1) is 19.5 Å². The number of hydrogen-bond acceptors (Lipinski definition) is 3. The number of carbonyl (C=O) groups excluding carboxylic acids is 1. The Bertz CT molecular complexity index is 609. The van der Waals surface area contributed by atoms with Gasteiger partial charge in [0, 0.05) is 36.4 Å². The van der Waals surface area contributed by atoms with E-state index in [0.29, 0.717) is 12.2 Å². The maximum absolute atomic E-state index is 11.6. The third kappa shape index (κ3) is 3.17. The van der Waals surface area contributed by atoms with Gasteiger partial charge >= 0.3 is 5.97 Å². The molecule has 106 valence electrons. The predicted molar refractivity (Wildman–Crippen MR) is 77.0 cm³/mol. The van der Waals surface area contributed by atoms with Crippen molar-refractivity contribution in [1.29, 1.82) is 0 Å². The number of rotatable bonds is 5. The fourth-order valence-corrected chi connectivity index (χ4v) is 1.97. The van der Waals surface area contributed by atoms with Gasteiger partial charge in [0.1, 0.15) is 0 Å². The standard InChI is InChI=1S/C15H19N3O2/c1-4-20-15(19)12(2)9-13-5-6-14(17(13)3)10-18-8-7-16-11-18/h5-9,11H,4,10H2,1-3H3/b12-9-. The summed E-state index contributed by atoms with van der Waals surface area (Å²) in [6.07, 6.45) is 7.31. The van der Waals surface area contributed by atoms with E-state index in [1.54, 1.807) is 26.4 Å². The summed E-state index contributed by atoms with van der Waals surface area (Å²) in [6, 6.07) is 4.04. The topological polar surface area (TPSA) is 49.1 Å². The van der Waals surface area contributed by atoms with E-state index in [9.17, 15) is 4.79 Å². The van der Waals surface area contributed by atoms with Gasteiger partial charge in [-0.25, -0.2) is 9.78 Å². The molecule has 2 heterocycles. The number of imidazole rings is 1. The van der Waals surface area contributed by atoms with E-state index >= 15 is 0 Å². The number of aromatic nitrogens is 3. The minimum Gasteiger partial charge on any atom is -0.463 e. The Morgan fingerprint density at radius 3 is 2.90 bits per heavy atom. The van der Waals surface area contributed by atoms with Crippen LogP contribution in [0.3, 0.4) is 0 Å². The fraction of sp³-hybridized carbons (Fsp3) is 0.333. The van der Waals surface area contributed by atoms with E-state index in [1.165, 1.54) is 0 Å². The summed E-state index contributed by atoms with van der Waals surface area (Å²) in [5.74, 6) is -0.273. The molecular weight excluding hydrogens is 254 g/mol. The molecule has 0 N–H and O–H groups in total. The maximum atomic E-state index is 11.6. The zero-order valence-corrected chi connectivity index (χ0v) is 12.0. The van der Waals surface area contributed by atoms with Crippen molar-refractivity contribution in [3.63, 3.8) is 0 Å². The van der Waals surface area contributed by atoms with Crippen molar-refractivity contribution in [1.82, 2.24) is 14.1 Å². The highest BCUT2D eigenvalue weighted by molar-refractivity contribution is 5.92. The fourth-order valence-electron chi connectivity index (χ4n) is 1.97. The average molecular weight is 273 g/mol. The summed E-state index contributed by atoms with van der Waals surface area (Å²) in [5, 5.41) is 0. The molecule has 0 aliphatic heterocycles. The Hall–Kier alpha value is -2.30. The van der Waals surface area contributed by atoms with Crippen molar-refractivity contribution >= 4 is 12.0 Å². The molecule has 2 aromatic rings. The Morgan fingerprint density at radius 2 is 2.25 bits per heavy atom. The third-order valence-electron chi connectivity index (χ3n) is 3.13. The second kappa shape index (κ2) is 6.23. The summed E-state index contributed by atoms with van der Waals surface area (Å²) < 4.78 is 9.04. The van der Waals surface area contributed by atoms with E-state index < -0.39 is 0 Å². The first-order valence-corrected chi connectivity index (χ1v) is 6.57. The lowest BCUT2D eigenvalue weighted by Crippen LogP contribution is -2.06. The second-order valence-electron chi connectivity index (χ2n) is 4.59. The monoisotopic (exact) mass is 273 g/mol. The first kappa shape index (κ1) is 14.1. The molecule has 0 saturated heterocycles. The molecule has 0 aliphatic carbocycles. The van der Waals surface area contributed by atoms with Gasteiger partial charge in [-0.2, -0.15) is 0 Å². The molecule has 0 aliphatic rings. The molecule has 5 heteroatoms. The van der Waals surface area contributed by atoms with Crippen LogP contribution >= 0.6 is 0 Å². The van der Waals surface area contributed by atoms with Gasteiger partial charge < -0.3 is 13.9 Å². The number of ether oxygens (including phenoxy) is 1. The average Bonchev–Trinajstić information content (AvgIpc) is 3.04. The molecule has 0 radical (unpaired) electrons. The van der Waals surface area contributed by atoms with Gasteiger partial charge in [-0.15, -0.1) is 0 Å². The number of carbonyl (C=O) groups is 1. The zero-order valence-electron chi connectivity index (χ0n) is 12.0. The number of esters is 1. The minimum absolute atomic E-state index is 0.273. The second-order valence-corrected chi connectivity index (χ2v) is 4.59. The molecule has 0 atom stereocenters. The molecule has 0 bridgehead atoms. The predicted octanol–water partition coefficient (Wildman–Crippen LogP) is 2.24. The van der Waals surface area contributed by atoms with Crippen molar-refractivity contribution < 1.29 is 9.53 Å². The van der Waals surface area contributed by atoms with Crippen molar-refractivity contribution in [3.05, 3.63) is 47.8 Å². The lowest BCUT2D eigenvalue weighted by molar-refractivity contribution is -0.138. The van der Waals surface area contributed by atoms with Crippen LogP contribution in [0.2, 0.25) is 0 Å². The summed E-state index contributed by atoms with van der Waals surface area (Å²) >= 11 is 0. The van der Waals surface area contributed by atoms with Crippen LogP contribution in [0.1, 0.15) is 25.2 Å². The highest BCUT2D eigenvalue weighted by Crippen LogP contribution is 2.13. The molecule has 2 aromatic heterocycles. The van der Waals surface area contributed by atoms with Crippen LogP contribution in [0.25, 0.3) is 6.08 Å². The molecule has 0 aromatic carbocycles. The summed E-state index contributed by atoms with van der Waals surface area (Å²) in [4.78, 5) is 15.6. The van der Waals surface area contributed by atoms with Gasteiger partial charge in [0.2, 0.25) is 0 Å². The Kier molecular flexibility index (Phi) is 4.40.